The van der Waals surface area contributed by atoms with Gasteiger partial charge in [0.05, 0.1) is 11.6 Å². The van der Waals surface area contributed by atoms with Gasteiger partial charge >= 0.3 is 0 Å². The quantitative estimate of drug-likeness (QED) is 0.789. The first-order valence-corrected chi connectivity index (χ1v) is 6.70. The Morgan fingerprint density at radius 2 is 2.14 bits per heavy atom. The standard InChI is InChI=1S/C14H16N6O/c1-2-7-19(14(21)10-20-11-16-17-18-20)9-13-5-3-12(8-15)4-6-13/h3-6,11H,2,7,9-10H2,1H3. The van der Waals surface area contributed by atoms with Crippen LogP contribution in [-0.4, -0.2) is 37.6 Å². The molecule has 0 atom stereocenters. The fourth-order valence-electron chi connectivity index (χ4n) is 1.96. The van der Waals surface area contributed by atoms with Crippen LogP contribution in [0.1, 0.15) is 24.5 Å². The van der Waals surface area contributed by atoms with Gasteiger partial charge in [-0.1, -0.05) is 19.1 Å². The lowest BCUT2D eigenvalue weighted by molar-refractivity contribution is -0.132. The molecule has 0 N–H and O–H groups in total. The van der Waals surface area contributed by atoms with Gasteiger partial charge in [-0.2, -0.15) is 5.26 Å². The summed E-state index contributed by atoms with van der Waals surface area (Å²) in [5, 5.41) is 19.5. The van der Waals surface area contributed by atoms with Crippen LogP contribution in [0.5, 0.6) is 0 Å². The number of tetrazole rings is 1. The Bertz CT molecular complexity index is 614. The van der Waals surface area contributed by atoms with E-state index in [1.807, 2.05) is 19.1 Å². The minimum absolute atomic E-state index is 0.0338. The summed E-state index contributed by atoms with van der Waals surface area (Å²) in [6.45, 7) is 3.33. The molecule has 1 aromatic carbocycles. The van der Waals surface area contributed by atoms with Crippen LogP contribution in [0.25, 0.3) is 0 Å². The molecule has 2 aromatic rings. The summed E-state index contributed by atoms with van der Waals surface area (Å²) in [5.41, 5.74) is 1.60. The number of amides is 1. The third-order valence-corrected chi connectivity index (χ3v) is 2.99. The summed E-state index contributed by atoms with van der Waals surface area (Å²) < 4.78 is 1.41. The van der Waals surface area contributed by atoms with Crippen molar-refractivity contribution in [1.82, 2.24) is 25.1 Å². The molecule has 2 rings (SSSR count). The van der Waals surface area contributed by atoms with Gasteiger partial charge in [0.1, 0.15) is 12.9 Å². The van der Waals surface area contributed by atoms with Crippen LogP contribution in [-0.2, 0) is 17.9 Å². The average Bonchev–Trinajstić information content (AvgIpc) is 3.00. The van der Waals surface area contributed by atoms with E-state index in [0.29, 0.717) is 18.7 Å². The predicted octanol–water partition coefficient (Wildman–Crippen LogP) is 0.984. The van der Waals surface area contributed by atoms with Gasteiger partial charge in [0, 0.05) is 13.1 Å². The Labute approximate surface area is 122 Å². The molecule has 0 saturated heterocycles. The van der Waals surface area contributed by atoms with E-state index in [9.17, 15) is 4.79 Å². The molecule has 7 heteroatoms. The van der Waals surface area contributed by atoms with Crippen LogP contribution in [0.2, 0.25) is 0 Å². The lowest BCUT2D eigenvalue weighted by Gasteiger charge is -2.22. The molecule has 0 aliphatic rings. The lowest BCUT2D eigenvalue weighted by Crippen LogP contribution is -2.34. The maximum Gasteiger partial charge on any atom is 0.244 e. The normalized spacial score (nSPS) is 10.1. The van der Waals surface area contributed by atoms with Crippen LogP contribution in [0, 0.1) is 11.3 Å². The molecule has 108 valence electrons. The predicted molar refractivity (Wildman–Crippen MR) is 74.7 cm³/mol. The van der Waals surface area contributed by atoms with Crippen LogP contribution < -0.4 is 0 Å². The van der Waals surface area contributed by atoms with Crippen molar-refractivity contribution in [3.05, 3.63) is 41.7 Å². The highest BCUT2D eigenvalue weighted by Gasteiger charge is 2.14. The van der Waals surface area contributed by atoms with Crippen LogP contribution in [0.3, 0.4) is 0 Å². The van der Waals surface area contributed by atoms with Crippen molar-refractivity contribution in [1.29, 1.82) is 5.26 Å². The first kappa shape index (κ1) is 14.7. The Morgan fingerprint density at radius 3 is 2.71 bits per heavy atom. The Morgan fingerprint density at radius 1 is 1.38 bits per heavy atom. The number of aromatic nitrogens is 4. The first-order chi connectivity index (χ1) is 10.2. The van der Waals surface area contributed by atoms with Gasteiger partial charge in [0.15, 0.2) is 0 Å². The third kappa shape index (κ3) is 4.11. The summed E-state index contributed by atoms with van der Waals surface area (Å²) >= 11 is 0. The number of carbonyl (C=O) groups excluding carboxylic acids is 1. The highest BCUT2D eigenvalue weighted by Crippen LogP contribution is 2.08. The van der Waals surface area contributed by atoms with Gasteiger partial charge in [-0.25, -0.2) is 4.68 Å². The van der Waals surface area contributed by atoms with E-state index in [-0.39, 0.29) is 12.5 Å². The van der Waals surface area contributed by atoms with Crippen molar-refractivity contribution in [2.75, 3.05) is 6.54 Å². The second kappa shape index (κ2) is 7.14. The van der Waals surface area contributed by atoms with Crippen molar-refractivity contribution >= 4 is 5.91 Å². The molecule has 0 aliphatic heterocycles. The topological polar surface area (TPSA) is 87.7 Å². The Kier molecular flexibility index (Phi) is 4.99. The van der Waals surface area contributed by atoms with Crippen molar-refractivity contribution in [2.45, 2.75) is 26.4 Å². The highest BCUT2D eigenvalue weighted by molar-refractivity contribution is 5.75. The second-order valence-corrected chi connectivity index (χ2v) is 4.63. The fraction of sp³-hybridized carbons (Fsp3) is 0.357. The summed E-state index contributed by atoms with van der Waals surface area (Å²) in [4.78, 5) is 14.1. The van der Waals surface area contributed by atoms with Crippen molar-refractivity contribution < 1.29 is 4.79 Å². The van der Waals surface area contributed by atoms with Gasteiger partial charge < -0.3 is 4.90 Å². The maximum absolute atomic E-state index is 12.3. The molecule has 0 spiro atoms. The molecule has 7 nitrogen and oxygen atoms in total. The Balaban J connectivity index is 2.03. The van der Waals surface area contributed by atoms with E-state index in [1.165, 1.54) is 11.0 Å². The van der Waals surface area contributed by atoms with Crippen LogP contribution >= 0.6 is 0 Å². The molecule has 0 bridgehead atoms. The molecule has 1 heterocycles. The Hall–Kier alpha value is -2.75. The molecular formula is C14H16N6O. The molecule has 0 radical (unpaired) electrons. The van der Waals surface area contributed by atoms with Gasteiger partial charge in [-0.15, -0.1) is 5.10 Å². The maximum atomic E-state index is 12.3. The van der Waals surface area contributed by atoms with E-state index in [1.54, 1.807) is 17.0 Å². The van der Waals surface area contributed by atoms with Crippen molar-refractivity contribution in [2.24, 2.45) is 0 Å². The van der Waals surface area contributed by atoms with Gasteiger partial charge in [0.2, 0.25) is 5.91 Å². The second-order valence-electron chi connectivity index (χ2n) is 4.63. The zero-order valence-electron chi connectivity index (χ0n) is 11.8. The molecule has 21 heavy (non-hydrogen) atoms. The number of hydrogen-bond donors (Lipinski definition) is 0. The average molecular weight is 284 g/mol. The summed E-state index contributed by atoms with van der Waals surface area (Å²) in [5.74, 6) is -0.0338. The fourth-order valence-corrected chi connectivity index (χ4v) is 1.96. The van der Waals surface area contributed by atoms with E-state index >= 15 is 0 Å². The van der Waals surface area contributed by atoms with E-state index in [4.69, 9.17) is 5.26 Å². The summed E-state index contributed by atoms with van der Waals surface area (Å²) in [7, 11) is 0. The number of nitriles is 1. The molecule has 1 aromatic heterocycles. The van der Waals surface area contributed by atoms with Crippen LogP contribution in [0.15, 0.2) is 30.6 Å². The molecular weight excluding hydrogens is 268 g/mol. The number of carbonyl (C=O) groups is 1. The summed E-state index contributed by atoms with van der Waals surface area (Å²) in [6.07, 6.45) is 2.29. The number of benzene rings is 1. The minimum atomic E-state index is -0.0338. The van der Waals surface area contributed by atoms with Crippen molar-refractivity contribution in [3.8, 4) is 6.07 Å². The molecule has 1 amide bonds. The molecule has 0 aliphatic carbocycles. The lowest BCUT2D eigenvalue weighted by atomic mass is 10.1. The zero-order valence-corrected chi connectivity index (χ0v) is 11.8. The molecule has 0 fully saturated rings. The molecule has 0 saturated carbocycles. The SMILES string of the molecule is CCCN(Cc1ccc(C#N)cc1)C(=O)Cn1cnnn1. The van der Waals surface area contributed by atoms with Crippen LogP contribution in [0.4, 0.5) is 0 Å². The zero-order chi connectivity index (χ0) is 15.1. The van der Waals surface area contributed by atoms with E-state index in [0.717, 1.165) is 12.0 Å². The highest BCUT2D eigenvalue weighted by atomic mass is 16.2. The van der Waals surface area contributed by atoms with Crippen molar-refractivity contribution in [3.63, 3.8) is 0 Å². The number of nitrogens with zero attached hydrogens (tertiary/aromatic N) is 6. The third-order valence-electron chi connectivity index (χ3n) is 2.99. The number of rotatable bonds is 6. The number of hydrogen-bond acceptors (Lipinski definition) is 5. The largest absolute Gasteiger partial charge is 0.337 e. The van der Waals surface area contributed by atoms with E-state index in [2.05, 4.69) is 21.6 Å². The van der Waals surface area contributed by atoms with Gasteiger partial charge in [0.25, 0.3) is 0 Å². The van der Waals surface area contributed by atoms with E-state index < -0.39 is 0 Å². The van der Waals surface area contributed by atoms with Gasteiger partial charge in [-0.05, 0) is 34.5 Å². The van der Waals surface area contributed by atoms with Gasteiger partial charge in [-0.3, -0.25) is 4.79 Å². The smallest absolute Gasteiger partial charge is 0.244 e. The summed E-state index contributed by atoms with van der Waals surface area (Å²) in [6, 6.07) is 9.32. The minimum Gasteiger partial charge on any atom is -0.337 e. The monoisotopic (exact) mass is 284 g/mol. The molecule has 0 unspecified atom stereocenters. The first-order valence-electron chi connectivity index (χ1n) is 6.70.